The van der Waals surface area contributed by atoms with E-state index in [1.807, 2.05) is 30.3 Å². The highest BCUT2D eigenvalue weighted by Crippen LogP contribution is 2.31. The fourth-order valence-electron chi connectivity index (χ4n) is 2.56. The van der Waals surface area contributed by atoms with Gasteiger partial charge in [-0.05, 0) is 38.8 Å². The molecule has 0 amide bonds. The third-order valence-electron chi connectivity index (χ3n) is 3.47. The first-order valence-corrected chi connectivity index (χ1v) is 7.38. The lowest BCUT2D eigenvalue weighted by Gasteiger charge is -2.08. The van der Waals surface area contributed by atoms with Crippen molar-refractivity contribution in [2.24, 2.45) is 0 Å². The topological polar surface area (TPSA) is 38.7 Å². The van der Waals surface area contributed by atoms with Gasteiger partial charge in [0, 0.05) is 11.8 Å². The second-order valence-electron chi connectivity index (χ2n) is 4.74. The molecule has 0 bridgehead atoms. The molecule has 0 saturated heterocycles. The van der Waals surface area contributed by atoms with Gasteiger partial charge in [-0.25, -0.2) is 9.97 Å². The predicted octanol–water partition coefficient (Wildman–Crippen LogP) is 4.61. The van der Waals surface area contributed by atoms with E-state index in [1.54, 1.807) is 6.20 Å². The van der Waals surface area contributed by atoms with Gasteiger partial charge in [0.05, 0.1) is 5.52 Å². The Hall–Kier alpha value is -2.33. The van der Waals surface area contributed by atoms with Gasteiger partial charge < -0.3 is 0 Å². The molecule has 0 fully saturated rings. The van der Waals surface area contributed by atoms with E-state index in [-0.39, 0.29) is 0 Å². The molecule has 0 aliphatic rings. The van der Waals surface area contributed by atoms with Gasteiger partial charge >= 0.3 is 0 Å². The highest BCUT2D eigenvalue weighted by atomic mass is 79.9. The molecular formula is C17H10BrN3. The third-order valence-corrected chi connectivity index (χ3v) is 3.83. The molecule has 0 radical (unpaired) electrons. The number of aromatic nitrogens is 3. The maximum absolute atomic E-state index is 4.56. The minimum Gasteiger partial charge on any atom is -0.252 e. The van der Waals surface area contributed by atoms with Crippen LogP contribution in [-0.2, 0) is 0 Å². The predicted molar refractivity (Wildman–Crippen MR) is 88.0 cm³/mol. The molecule has 4 heteroatoms. The van der Waals surface area contributed by atoms with Gasteiger partial charge in [0.25, 0.3) is 0 Å². The Balaban J connectivity index is 2.14. The molecule has 100 valence electrons. The number of fused-ring (bicyclic) bond motifs is 2. The first-order valence-electron chi connectivity index (χ1n) is 6.59. The largest absolute Gasteiger partial charge is 0.252 e. The summed E-state index contributed by atoms with van der Waals surface area (Å²) in [5, 5.41) is 2.35. The zero-order valence-electron chi connectivity index (χ0n) is 11.0. The van der Waals surface area contributed by atoms with Gasteiger partial charge in [-0.15, -0.1) is 0 Å². The van der Waals surface area contributed by atoms with Gasteiger partial charge in [-0.2, -0.15) is 0 Å². The van der Waals surface area contributed by atoms with Crippen LogP contribution in [0.2, 0.25) is 0 Å². The molecular weight excluding hydrogens is 326 g/mol. The van der Waals surface area contributed by atoms with Crippen molar-refractivity contribution < 1.29 is 0 Å². The van der Waals surface area contributed by atoms with Crippen molar-refractivity contribution in [3.8, 4) is 11.3 Å². The zero-order valence-corrected chi connectivity index (χ0v) is 12.6. The quantitative estimate of drug-likeness (QED) is 0.477. The summed E-state index contributed by atoms with van der Waals surface area (Å²) in [6.45, 7) is 0. The second kappa shape index (κ2) is 4.90. The molecule has 4 aromatic rings. The number of rotatable bonds is 1. The van der Waals surface area contributed by atoms with Crippen molar-refractivity contribution in [1.82, 2.24) is 15.0 Å². The lowest BCUT2D eigenvalue weighted by Crippen LogP contribution is -1.94. The van der Waals surface area contributed by atoms with Gasteiger partial charge in [0.15, 0.2) is 4.73 Å². The molecule has 3 nitrogen and oxygen atoms in total. The first kappa shape index (κ1) is 12.4. The van der Waals surface area contributed by atoms with E-state index >= 15 is 0 Å². The molecule has 2 heterocycles. The van der Waals surface area contributed by atoms with Crippen molar-refractivity contribution in [2.75, 3.05) is 0 Å². The van der Waals surface area contributed by atoms with E-state index in [0.29, 0.717) is 4.73 Å². The number of halogens is 1. The maximum Gasteiger partial charge on any atom is 0.197 e. The molecule has 0 saturated carbocycles. The van der Waals surface area contributed by atoms with Gasteiger partial charge in [0.2, 0.25) is 0 Å². The minimum atomic E-state index is 0.575. The van der Waals surface area contributed by atoms with Crippen molar-refractivity contribution in [1.29, 1.82) is 0 Å². The van der Waals surface area contributed by atoms with E-state index in [1.165, 1.54) is 5.39 Å². The van der Waals surface area contributed by atoms with E-state index in [2.05, 4.69) is 55.1 Å². The van der Waals surface area contributed by atoms with Gasteiger partial charge in [-0.3, -0.25) is 4.98 Å². The Bertz CT molecular complexity index is 961. The van der Waals surface area contributed by atoms with Crippen LogP contribution in [0.15, 0.2) is 65.5 Å². The lowest BCUT2D eigenvalue weighted by molar-refractivity contribution is 1.15. The molecule has 0 aliphatic carbocycles. The molecule has 0 unspecified atom stereocenters. The molecule has 0 atom stereocenters. The fourth-order valence-corrected chi connectivity index (χ4v) is 2.93. The summed E-state index contributed by atoms with van der Waals surface area (Å²) in [5.74, 6) is 0. The molecule has 0 aliphatic heterocycles. The number of benzene rings is 2. The van der Waals surface area contributed by atoms with Crippen molar-refractivity contribution in [3.05, 3.63) is 65.5 Å². The standard InChI is InChI=1S/C17H10BrN3/c18-17-20-14-9-4-10-19-16(14)15(21-17)13-8-3-6-11-5-1-2-7-12(11)13/h1-10H. The summed E-state index contributed by atoms with van der Waals surface area (Å²) in [5.41, 5.74) is 3.57. The summed E-state index contributed by atoms with van der Waals surface area (Å²) in [4.78, 5) is 13.4. The van der Waals surface area contributed by atoms with Crippen LogP contribution in [0.3, 0.4) is 0 Å². The number of nitrogens with zero attached hydrogens (tertiary/aromatic N) is 3. The summed E-state index contributed by atoms with van der Waals surface area (Å²) < 4.78 is 0.575. The second-order valence-corrected chi connectivity index (χ2v) is 5.45. The Morgan fingerprint density at radius 1 is 0.810 bits per heavy atom. The van der Waals surface area contributed by atoms with Crippen LogP contribution in [0.1, 0.15) is 0 Å². The Morgan fingerprint density at radius 2 is 1.67 bits per heavy atom. The van der Waals surface area contributed by atoms with E-state index in [0.717, 1.165) is 27.7 Å². The SMILES string of the molecule is Brc1nc(-c2cccc3ccccc23)c2ncccc2n1. The monoisotopic (exact) mass is 335 g/mol. The van der Waals surface area contributed by atoms with Crippen molar-refractivity contribution >= 4 is 37.7 Å². The average Bonchev–Trinajstić information content (AvgIpc) is 2.53. The van der Waals surface area contributed by atoms with Crippen molar-refractivity contribution in [3.63, 3.8) is 0 Å². The number of hydrogen-bond acceptors (Lipinski definition) is 3. The molecule has 0 spiro atoms. The van der Waals surface area contributed by atoms with Crippen LogP contribution >= 0.6 is 15.9 Å². The lowest BCUT2D eigenvalue weighted by atomic mass is 10.0. The summed E-state index contributed by atoms with van der Waals surface area (Å²) in [6.07, 6.45) is 1.77. The van der Waals surface area contributed by atoms with Crippen LogP contribution in [0.4, 0.5) is 0 Å². The fraction of sp³-hybridized carbons (Fsp3) is 0. The summed E-state index contributed by atoms with van der Waals surface area (Å²) in [7, 11) is 0. The van der Waals surface area contributed by atoms with Crippen LogP contribution in [0.5, 0.6) is 0 Å². The highest BCUT2D eigenvalue weighted by molar-refractivity contribution is 9.10. The molecule has 4 rings (SSSR count). The van der Waals surface area contributed by atoms with Crippen LogP contribution in [0.25, 0.3) is 33.1 Å². The number of hydrogen-bond donors (Lipinski definition) is 0. The zero-order chi connectivity index (χ0) is 14.2. The van der Waals surface area contributed by atoms with Crippen molar-refractivity contribution in [2.45, 2.75) is 0 Å². The Morgan fingerprint density at radius 3 is 2.62 bits per heavy atom. The Kier molecular flexibility index (Phi) is 2.89. The smallest absolute Gasteiger partial charge is 0.197 e. The summed E-state index contributed by atoms with van der Waals surface area (Å²) in [6, 6.07) is 18.3. The molecule has 21 heavy (non-hydrogen) atoms. The van der Waals surface area contributed by atoms with E-state index in [4.69, 9.17) is 0 Å². The Labute approximate surface area is 129 Å². The number of pyridine rings is 1. The highest BCUT2D eigenvalue weighted by Gasteiger charge is 2.12. The van der Waals surface area contributed by atoms with E-state index < -0.39 is 0 Å². The first-order chi connectivity index (χ1) is 10.3. The summed E-state index contributed by atoms with van der Waals surface area (Å²) >= 11 is 3.39. The van der Waals surface area contributed by atoms with Crippen LogP contribution < -0.4 is 0 Å². The molecule has 2 aromatic heterocycles. The van der Waals surface area contributed by atoms with Gasteiger partial charge in [-0.1, -0.05) is 42.5 Å². The van der Waals surface area contributed by atoms with Crippen LogP contribution in [0, 0.1) is 0 Å². The van der Waals surface area contributed by atoms with Gasteiger partial charge in [0.1, 0.15) is 11.2 Å². The molecule has 2 aromatic carbocycles. The average molecular weight is 336 g/mol. The maximum atomic E-state index is 4.56. The third kappa shape index (κ3) is 2.08. The minimum absolute atomic E-state index is 0.575. The normalized spacial score (nSPS) is 11.1. The molecule has 0 N–H and O–H groups in total. The van der Waals surface area contributed by atoms with Crippen LogP contribution in [-0.4, -0.2) is 15.0 Å². The van der Waals surface area contributed by atoms with E-state index in [9.17, 15) is 0 Å².